The largest absolute Gasteiger partial charge is 0.427 e. The van der Waals surface area contributed by atoms with Crippen LogP contribution in [-0.2, 0) is 16.6 Å². The first-order valence-corrected chi connectivity index (χ1v) is 11.6. The molecule has 2 aliphatic rings. The number of benzene rings is 2. The molecule has 1 saturated carbocycles. The molecule has 0 bridgehead atoms. The minimum atomic E-state index is -0.0895. The van der Waals surface area contributed by atoms with E-state index < -0.39 is 0 Å². The maximum atomic E-state index is 12.9. The van der Waals surface area contributed by atoms with Gasteiger partial charge >= 0.3 is 5.97 Å². The number of carbonyl (C=O) groups excluding carboxylic acids is 1. The van der Waals surface area contributed by atoms with Crippen LogP contribution in [0.2, 0.25) is 0 Å². The molecular formula is C28H36O2. The van der Waals surface area contributed by atoms with Crippen LogP contribution in [0.25, 0.3) is 0 Å². The summed E-state index contributed by atoms with van der Waals surface area (Å²) < 4.78 is 5.75. The average Bonchev–Trinajstić information content (AvgIpc) is 2.67. The fourth-order valence-corrected chi connectivity index (χ4v) is 6.39. The quantitative estimate of drug-likeness (QED) is 0.400. The van der Waals surface area contributed by atoms with Gasteiger partial charge in [0.1, 0.15) is 5.75 Å². The topological polar surface area (TPSA) is 26.3 Å². The first-order valence-electron chi connectivity index (χ1n) is 11.6. The molecule has 2 heteroatoms. The Hall–Kier alpha value is -2.09. The van der Waals surface area contributed by atoms with E-state index in [4.69, 9.17) is 4.74 Å². The van der Waals surface area contributed by atoms with Crippen molar-refractivity contribution in [1.82, 2.24) is 0 Å². The Labute approximate surface area is 182 Å². The molecule has 0 aliphatic heterocycles. The summed E-state index contributed by atoms with van der Waals surface area (Å²) in [5, 5.41) is 0. The maximum absolute atomic E-state index is 12.9. The van der Waals surface area contributed by atoms with Crippen LogP contribution in [-0.4, -0.2) is 5.97 Å². The van der Waals surface area contributed by atoms with Crippen molar-refractivity contribution < 1.29 is 9.53 Å². The molecule has 0 aromatic heterocycles. The van der Waals surface area contributed by atoms with Crippen molar-refractivity contribution in [1.29, 1.82) is 0 Å². The molecule has 3 atom stereocenters. The molecule has 4 rings (SSSR count). The van der Waals surface area contributed by atoms with Crippen molar-refractivity contribution in [2.45, 2.75) is 84.5 Å². The summed E-state index contributed by atoms with van der Waals surface area (Å²) >= 11 is 0. The third-order valence-electron chi connectivity index (χ3n) is 7.94. The standard InChI is InChI=1S/C28H36O2/c1-19(2)21-10-12-24-22(17-21)11-13-25-27(4,14-7-15-28(24,25)5)18-26(29)30-23-9-6-8-20(3)16-23/h6,8-10,12,16-17,19,25H,7,11,13-15,18H2,1-5H3/t25-,27-,28+/m0/s1. The van der Waals surface area contributed by atoms with Gasteiger partial charge in [-0.05, 0) is 89.7 Å². The van der Waals surface area contributed by atoms with Crippen molar-refractivity contribution in [2.24, 2.45) is 11.3 Å². The van der Waals surface area contributed by atoms with Crippen molar-refractivity contribution in [3.05, 3.63) is 64.7 Å². The smallest absolute Gasteiger partial charge is 0.311 e. The van der Waals surface area contributed by atoms with Crippen LogP contribution in [0.1, 0.15) is 88.0 Å². The average molecular weight is 405 g/mol. The lowest BCUT2D eigenvalue weighted by molar-refractivity contribution is -0.139. The van der Waals surface area contributed by atoms with Gasteiger partial charge in [-0.2, -0.15) is 0 Å². The van der Waals surface area contributed by atoms with E-state index in [9.17, 15) is 4.79 Å². The van der Waals surface area contributed by atoms with E-state index in [1.165, 1.54) is 36.0 Å². The van der Waals surface area contributed by atoms with E-state index in [-0.39, 0.29) is 16.8 Å². The number of fused-ring (bicyclic) bond motifs is 3. The number of esters is 1. The Morgan fingerprint density at radius 1 is 1.13 bits per heavy atom. The highest BCUT2D eigenvalue weighted by Gasteiger charge is 2.52. The lowest BCUT2D eigenvalue weighted by atomic mass is 9.49. The van der Waals surface area contributed by atoms with Gasteiger partial charge < -0.3 is 4.74 Å². The van der Waals surface area contributed by atoms with Crippen LogP contribution in [0.3, 0.4) is 0 Å². The minimum Gasteiger partial charge on any atom is -0.427 e. The number of carbonyl (C=O) groups is 1. The van der Waals surface area contributed by atoms with Crippen LogP contribution >= 0.6 is 0 Å². The summed E-state index contributed by atoms with van der Waals surface area (Å²) in [4.78, 5) is 12.9. The minimum absolute atomic E-state index is 0.0116. The van der Waals surface area contributed by atoms with E-state index in [0.717, 1.165) is 18.4 Å². The summed E-state index contributed by atoms with van der Waals surface area (Å²) in [6.45, 7) is 11.3. The molecule has 0 N–H and O–H groups in total. The third kappa shape index (κ3) is 3.82. The van der Waals surface area contributed by atoms with Gasteiger partial charge in [-0.1, -0.05) is 64.4 Å². The molecule has 1 fully saturated rings. The van der Waals surface area contributed by atoms with Gasteiger partial charge in [0.25, 0.3) is 0 Å². The summed E-state index contributed by atoms with van der Waals surface area (Å²) in [5.41, 5.74) is 5.76. The van der Waals surface area contributed by atoms with Gasteiger partial charge in [-0.25, -0.2) is 0 Å². The number of hydrogen-bond donors (Lipinski definition) is 0. The predicted octanol–water partition coefficient (Wildman–Crippen LogP) is 7.12. The van der Waals surface area contributed by atoms with Crippen molar-refractivity contribution in [3.63, 3.8) is 0 Å². The molecule has 2 aromatic carbocycles. The molecular weight excluding hydrogens is 368 g/mol. The van der Waals surface area contributed by atoms with E-state index in [1.54, 1.807) is 0 Å². The zero-order valence-corrected chi connectivity index (χ0v) is 19.3. The Kier molecular flexibility index (Phi) is 5.55. The summed E-state index contributed by atoms with van der Waals surface area (Å²) in [6.07, 6.45) is 6.29. The summed E-state index contributed by atoms with van der Waals surface area (Å²) in [7, 11) is 0. The van der Waals surface area contributed by atoms with Crippen LogP contribution in [0.15, 0.2) is 42.5 Å². The molecule has 0 radical (unpaired) electrons. The normalized spacial score (nSPS) is 28.0. The zero-order chi connectivity index (χ0) is 21.5. The van der Waals surface area contributed by atoms with E-state index in [0.29, 0.717) is 24.0 Å². The molecule has 0 amide bonds. The van der Waals surface area contributed by atoms with Gasteiger partial charge in [0.05, 0.1) is 6.42 Å². The number of ether oxygens (including phenoxy) is 1. The molecule has 0 saturated heterocycles. The molecule has 2 aliphatic carbocycles. The molecule has 160 valence electrons. The molecule has 2 aromatic rings. The number of rotatable bonds is 4. The molecule has 2 nitrogen and oxygen atoms in total. The van der Waals surface area contributed by atoms with Crippen LogP contribution in [0.5, 0.6) is 5.75 Å². The van der Waals surface area contributed by atoms with Crippen LogP contribution in [0, 0.1) is 18.3 Å². The van der Waals surface area contributed by atoms with Gasteiger partial charge in [0.2, 0.25) is 0 Å². The van der Waals surface area contributed by atoms with Gasteiger partial charge in [0, 0.05) is 0 Å². The van der Waals surface area contributed by atoms with Gasteiger partial charge in [0.15, 0.2) is 0 Å². The van der Waals surface area contributed by atoms with Crippen LogP contribution < -0.4 is 4.74 Å². The van der Waals surface area contributed by atoms with Crippen LogP contribution in [0.4, 0.5) is 0 Å². The Bertz CT molecular complexity index is 943. The zero-order valence-electron chi connectivity index (χ0n) is 19.3. The second kappa shape index (κ2) is 7.87. The summed E-state index contributed by atoms with van der Waals surface area (Å²) in [5.74, 6) is 1.65. The van der Waals surface area contributed by atoms with E-state index in [2.05, 4.69) is 45.9 Å². The van der Waals surface area contributed by atoms with Crippen molar-refractivity contribution in [3.8, 4) is 5.75 Å². The fraction of sp³-hybridized carbons (Fsp3) is 0.536. The lowest BCUT2D eigenvalue weighted by Gasteiger charge is -2.55. The second-order valence-corrected chi connectivity index (χ2v) is 10.6. The molecule has 0 unspecified atom stereocenters. The lowest BCUT2D eigenvalue weighted by Crippen LogP contribution is -2.50. The predicted molar refractivity (Wildman–Crippen MR) is 123 cm³/mol. The highest BCUT2D eigenvalue weighted by atomic mass is 16.5. The Balaban J connectivity index is 1.58. The third-order valence-corrected chi connectivity index (χ3v) is 7.94. The maximum Gasteiger partial charge on any atom is 0.311 e. The molecule has 30 heavy (non-hydrogen) atoms. The first-order chi connectivity index (χ1) is 14.2. The number of hydrogen-bond acceptors (Lipinski definition) is 2. The molecule has 0 spiro atoms. The Morgan fingerprint density at radius 2 is 1.93 bits per heavy atom. The first kappa shape index (κ1) is 21.2. The van der Waals surface area contributed by atoms with Crippen molar-refractivity contribution in [2.75, 3.05) is 0 Å². The van der Waals surface area contributed by atoms with E-state index in [1.807, 2.05) is 31.2 Å². The molecule has 0 heterocycles. The van der Waals surface area contributed by atoms with Gasteiger partial charge in [-0.15, -0.1) is 0 Å². The van der Waals surface area contributed by atoms with E-state index >= 15 is 0 Å². The van der Waals surface area contributed by atoms with Crippen molar-refractivity contribution >= 4 is 5.97 Å². The fourth-order valence-electron chi connectivity index (χ4n) is 6.39. The summed E-state index contributed by atoms with van der Waals surface area (Å²) in [6, 6.07) is 15.0. The highest BCUT2D eigenvalue weighted by Crippen LogP contribution is 2.58. The SMILES string of the molecule is Cc1cccc(OC(=O)C[C@]2(C)CCC[C@]3(C)c4ccc(C(C)C)cc4CC[C@@H]23)c1. The highest BCUT2D eigenvalue weighted by molar-refractivity contribution is 5.73. The van der Waals surface area contributed by atoms with Gasteiger partial charge in [-0.3, -0.25) is 4.79 Å². The monoisotopic (exact) mass is 404 g/mol. The Morgan fingerprint density at radius 3 is 2.67 bits per heavy atom. The number of aryl methyl sites for hydroxylation is 2. The second-order valence-electron chi connectivity index (χ2n) is 10.6.